The molecule has 5 heteroatoms. The van der Waals surface area contributed by atoms with Gasteiger partial charge in [0, 0.05) is 5.92 Å². The maximum Gasteiger partial charge on any atom is 0.135 e. The van der Waals surface area contributed by atoms with Gasteiger partial charge in [-0.05, 0) is 54.0 Å². The van der Waals surface area contributed by atoms with Gasteiger partial charge in [-0.1, -0.05) is 0 Å². The van der Waals surface area contributed by atoms with Gasteiger partial charge in [-0.15, -0.1) is 0 Å². The molecular formula is C13H16BrN3O. The summed E-state index contributed by atoms with van der Waals surface area (Å²) >= 11 is 3.54. The van der Waals surface area contributed by atoms with E-state index in [4.69, 9.17) is 4.74 Å². The average Bonchev–Trinajstić information content (AvgIpc) is 2.76. The van der Waals surface area contributed by atoms with E-state index in [-0.39, 0.29) is 0 Å². The summed E-state index contributed by atoms with van der Waals surface area (Å²) in [6, 6.07) is 4.01. The van der Waals surface area contributed by atoms with Gasteiger partial charge in [0.15, 0.2) is 0 Å². The Hall–Kier alpha value is -1.07. The fourth-order valence-corrected chi connectivity index (χ4v) is 3.04. The predicted molar refractivity (Wildman–Crippen MR) is 74.3 cm³/mol. The molecule has 1 aliphatic heterocycles. The van der Waals surface area contributed by atoms with Crippen LogP contribution in [0.4, 0.5) is 0 Å². The molecule has 0 saturated carbocycles. The van der Waals surface area contributed by atoms with Crippen molar-refractivity contribution in [1.82, 2.24) is 14.7 Å². The SMILES string of the molecule is COc1ccc2c(Br)nc(C3CCNCC3)n2c1. The van der Waals surface area contributed by atoms with Gasteiger partial charge in [-0.3, -0.25) is 4.40 Å². The van der Waals surface area contributed by atoms with Crippen LogP contribution in [-0.4, -0.2) is 29.6 Å². The summed E-state index contributed by atoms with van der Waals surface area (Å²) in [7, 11) is 1.69. The Kier molecular flexibility index (Phi) is 3.26. The van der Waals surface area contributed by atoms with E-state index in [1.165, 1.54) is 0 Å². The fourth-order valence-electron chi connectivity index (χ4n) is 2.54. The molecule has 3 heterocycles. The first-order valence-electron chi connectivity index (χ1n) is 6.22. The molecule has 1 fully saturated rings. The minimum absolute atomic E-state index is 0.525. The van der Waals surface area contributed by atoms with Crippen LogP contribution < -0.4 is 10.1 Å². The molecule has 2 aromatic heterocycles. The monoisotopic (exact) mass is 309 g/mol. The molecule has 0 bridgehead atoms. The van der Waals surface area contributed by atoms with E-state index < -0.39 is 0 Å². The predicted octanol–water partition coefficient (Wildman–Crippen LogP) is 2.57. The van der Waals surface area contributed by atoms with E-state index in [1.807, 2.05) is 18.3 Å². The third kappa shape index (κ3) is 2.01. The number of fused-ring (bicyclic) bond motifs is 1. The van der Waals surface area contributed by atoms with Crippen LogP contribution in [0.1, 0.15) is 24.6 Å². The molecule has 18 heavy (non-hydrogen) atoms. The average molecular weight is 310 g/mol. The molecule has 0 amide bonds. The topological polar surface area (TPSA) is 38.6 Å². The van der Waals surface area contributed by atoms with Crippen LogP contribution in [0.3, 0.4) is 0 Å². The van der Waals surface area contributed by atoms with Crippen molar-refractivity contribution in [1.29, 1.82) is 0 Å². The van der Waals surface area contributed by atoms with Crippen molar-refractivity contribution in [2.75, 3.05) is 20.2 Å². The highest BCUT2D eigenvalue weighted by atomic mass is 79.9. The van der Waals surface area contributed by atoms with Crippen LogP contribution in [0.15, 0.2) is 22.9 Å². The highest BCUT2D eigenvalue weighted by Crippen LogP contribution is 2.30. The van der Waals surface area contributed by atoms with Gasteiger partial charge in [0.2, 0.25) is 0 Å². The second kappa shape index (κ2) is 4.90. The second-order valence-electron chi connectivity index (χ2n) is 4.61. The number of ether oxygens (including phenoxy) is 1. The quantitative estimate of drug-likeness (QED) is 0.926. The molecule has 1 N–H and O–H groups in total. The normalized spacial score (nSPS) is 17.2. The molecule has 2 aromatic rings. The van der Waals surface area contributed by atoms with Crippen molar-refractivity contribution in [3.05, 3.63) is 28.8 Å². The molecule has 1 aliphatic rings. The first-order chi connectivity index (χ1) is 8.79. The lowest BCUT2D eigenvalue weighted by atomic mass is 9.97. The molecule has 0 spiro atoms. The van der Waals surface area contributed by atoms with Crippen molar-refractivity contribution in [3.8, 4) is 5.75 Å². The van der Waals surface area contributed by atoms with Crippen molar-refractivity contribution < 1.29 is 4.74 Å². The van der Waals surface area contributed by atoms with Crippen LogP contribution in [0.25, 0.3) is 5.52 Å². The Morgan fingerprint density at radius 1 is 1.39 bits per heavy atom. The highest BCUT2D eigenvalue weighted by molar-refractivity contribution is 9.10. The van der Waals surface area contributed by atoms with Gasteiger partial charge >= 0.3 is 0 Å². The van der Waals surface area contributed by atoms with Crippen LogP contribution in [0.2, 0.25) is 0 Å². The number of nitrogens with one attached hydrogen (secondary N) is 1. The number of rotatable bonds is 2. The highest BCUT2D eigenvalue weighted by Gasteiger charge is 2.21. The maximum atomic E-state index is 5.30. The van der Waals surface area contributed by atoms with Crippen molar-refractivity contribution in [2.24, 2.45) is 0 Å². The van der Waals surface area contributed by atoms with Crippen LogP contribution in [-0.2, 0) is 0 Å². The zero-order valence-electron chi connectivity index (χ0n) is 10.3. The van der Waals surface area contributed by atoms with Crippen LogP contribution >= 0.6 is 15.9 Å². The largest absolute Gasteiger partial charge is 0.495 e. The van der Waals surface area contributed by atoms with E-state index in [1.54, 1.807) is 7.11 Å². The second-order valence-corrected chi connectivity index (χ2v) is 5.36. The summed E-state index contributed by atoms with van der Waals surface area (Å²) in [5, 5.41) is 3.39. The van der Waals surface area contributed by atoms with Crippen LogP contribution in [0, 0.1) is 0 Å². The summed E-state index contributed by atoms with van der Waals surface area (Å²) < 4.78 is 8.36. The minimum atomic E-state index is 0.525. The molecule has 0 aromatic carbocycles. The molecule has 0 atom stereocenters. The lowest BCUT2D eigenvalue weighted by Crippen LogP contribution is -2.27. The van der Waals surface area contributed by atoms with Crippen molar-refractivity contribution in [3.63, 3.8) is 0 Å². The molecule has 0 radical (unpaired) electrons. The molecule has 96 valence electrons. The van der Waals surface area contributed by atoms with Crippen molar-refractivity contribution in [2.45, 2.75) is 18.8 Å². The molecule has 1 saturated heterocycles. The Balaban J connectivity index is 2.09. The third-order valence-electron chi connectivity index (χ3n) is 3.53. The van der Waals surface area contributed by atoms with E-state index in [2.05, 4.69) is 30.6 Å². The fraction of sp³-hybridized carbons (Fsp3) is 0.462. The lowest BCUT2D eigenvalue weighted by Gasteiger charge is -2.21. The zero-order chi connectivity index (χ0) is 12.5. The van der Waals surface area contributed by atoms with Gasteiger partial charge in [-0.25, -0.2) is 4.98 Å². The number of halogens is 1. The van der Waals surface area contributed by atoms with E-state index in [0.29, 0.717) is 5.92 Å². The number of hydrogen-bond donors (Lipinski definition) is 1. The number of hydrogen-bond acceptors (Lipinski definition) is 3. The van der Waals surface area contributed by atoms with Gasteiger partial charge in [0.25, 0.3) is 0 Å². The van der Waals surface area contributed by atoms with Crippen molar-refractivity contribution >= 4 is 21.4 Å². The van der Waals surface area contributed by atoms with Gasteiger partial charge in [-0.2, -0.15) is 0 Å². The summed E-state index contributed by atoms with van der Waals surface area (Å²) in [5.74, 6) is 2.53. The van der Waals surface area contributed by atoms with E-state index >= 15 is 0 Å². The summed E-state index contributed by atoms with van der Waals surface area (Å²) in [6.07, 6.45) is 4.30. The number of aromatic nitrogens is 2. The summed E-state index contributed by atoms with van der Waals surface area (Å²) in [4.78, 5) is 4.69. The number of nitrogens with zero attached hydrogens (tertiary/aromatic N) is 2. The number of pyridine rings is 1. The summed E-state index contributed by atoms with van der Waals surface area (Å²) in [6.45, 7) is 2.14. The molecule has 3 rings (SSSR count). The van der Waals surface area contributed by atoms with E-state index in [9.17, 15) is 0 Å². The zero-order valence-corrected chi connectivity index (χ0v) is 11.9. The first kappa shape index (κ1) is 12.0. The molecule has 4 nitrogen and oxygen atoms in total. The Bertz CT molecular complexity index is 561. The van der Waals surface area contributed by atoms with Gasteiger partial charge in [0.1, 0.15) is 16.2 Å². The molecule has 0 unspecified atom stereocenters. The Morgan fingerprint density at radius 3 is 2.89 bits per heavy atom. The van der Waals surface area contributed by atoms with Gasteiger partial charge < -0.3 is 10.1 Å². The number of methoxy groups -OCH3 is 1. The third-order valence-corrected chi connectivity index (χ3v) is 4.12. The first-order valence-corrected chi connectivity index (χ1v) is 7.01. The summed E-state index contributed by atoms with van der Waals surface area (Å²) in [5.41, 5.74) is 1.10. The Morgan fingerprint density at radius 2 is 2.17 bits per heavy atom. The number of piperidine rings is 1. The lowest BCUT2D eigenvalue weighted by molar-refractivity contribution is 0.410. The molecule has 0 aliphatic carbocycles. The van der Waals surface area contributed by atoms with E-state index in [0.717, 1.165) is 47.6 Å². The standard InChI is InChI=1S/C13H16BrN3O/c1-18-10-2-3-11-12(14)16-13(17(11)8-10)9-4-6-15-7-5-9/h2-3,8-9,15H,4-7H2,1H3. The smallest absolute Gasteiger partial charge is 0.135 e. The number of imidazole rings is 1. The maximum absolute atomic E-state index is 5.30. The Labute approximate surface area is 114 Å². The van der Waals surface area contributed by atoms with Crippen LogP contribution in [0.5, 0.6) is 5.75 Å². The molecular weight excluding hydrogens is 294 g/mol. The van der Waals surface area contributed by atoms with Gasteiger partial charge in [0.05, 0.1) is 18.8 Å². The minimum Gasteiger partial charge on any atom is -0.495 e.